The molecule has 27 heavy (non-hydrogen) atoms. The minimum Gasteiger partial charge on any atom is -0.494 e. The molecule has 0 aliphatic heterocycles. The lowest BCUT2D eigenvalue weighted by Crippen LogP contribution is -1.90. The number of methoxy groups -OCH3 is 1. The molecule has 0 radical (unpaired) electrons. The number of fused-ring (bicyclic) bond motifs is 3. The molecule has 140 valence electrons. The summed E-state index contributed by atoms with van der Waals surface area (Å²) in [4.78, 5) is 0. The summed E-state index contributed by atoms with van der Waals surface area (Å²) in [6.07, 6.45) is 0. The van der Waals surface area contributed by atoms with Crippen LogP contribution in [0.3, 0.4) is 0 Å². The zero-order chi connectivity index (χ0) is 19.7. The Bertz CT molecular complexity index is 1130. The number of aryl methyl sites for hydroxylation is 1. The number of rotatable bonds is 2. The quantitative estimate of drug-likeness (QED) is 0.377. The molecule has 4 rings (SSSR count). The van der Waals surface area contributed by atoms with Crippen molar-refractivity contribution >= 4 is 21.9 Å². The van der Waals surface area contributed by atoms with Crippen LogP contribution in [0, 0.1) is 24.4 Å². The average molecular weight is 372 g/mol. The smallest absolute Gasteiger partial charge is 0.208 e. The molecular weight excluding hydrogens is 353 g/mol. The van der Waals surface area contributed by atoms with Crippen LogP contribution in [0.4, 0.5) is 13.2 Å². The molecule has 0 saturated carbocycles. The second-order valence-corrected chi connectivity index (χ2v) is 5.85. The van der Waals surface area contributed by atoms with Gasteiger partial charge in [-0.3, -0.25) is 0 Å². The largest absolute Gasteiger partial charge is 0.494 e. The van der Waals surface area contributed by atoms with Crippen LogP contribution in [0.2, 0.25) is 0 Å². The van der Waals surface area contributed by atoms with Crippen LogP contribution in [0.25, 0.3) is 33.1 Å². The van der Waals surface area contributed by atoms with Crippen molar-refractivity contribution in [3.05, 3.63) is 65.5 Å². The molecule has 1 aromatic heterocycles. The standard InChI is InChI=1S/C20H13F3O2.C2H6/c1-10-3-4-11(15(21)9-10)12-5-6-13-14-7-8-16(24-2)18(23)20(14)25-19(13)17(12)22;1-2/h3-9H,1-2H3;1-2H3. The molecule has 0 amide bonds. The van der Waals surface area contributed by atoms with Gasteiger partial charge in [0.1, 0.15) is 5.82 Å². The van der Waals surface area contributed by atoms with E-state index in [1.54, 1.807) is 25.1 Å². The molecule has 5 heteroatoms. The Balaban J connectivity index is 0.00000102. The predicted molar refractivity (Wildman–Crippen MR) is 102 cm³/mol. The molecule has 0 spiro atoms. The molecule has 4 aromatic rings. The van der Waals surface area contributed by atoms with E-state index < -0.39 is 17.5 Å². The summed E-state index contributed by atoms with van der Waals surface area (Å²) in [5, 5.41) is 0.855. The molecule has 0 saturated heterocycles. The summed E-state index contributed by atoms with van der Waals surface area (Å²) in [5.41, 5.74) is 0.731. The summed E-state index contributed by atoms with van der Waals surface area (Å²) < 4.78 is 53.9. The zero-order valence-corrected chi connectivity index (χ0v) is 15.5. The van der Waals surface area contributed by atoms with Gasteiger partial charge in [-0.05, 0) is 36.8 Å². The SMILES string of the molecule is CC.COc1ccc2c(oc3c(F)c(-c4ccc(C)cc4F)ccc32)c1F. The first-order valence-electron chi connectivity index (χ1n) is 8.65. The Morgan fingerprint density at radius 3 is 2.00 bits per heavy atom. The fraction of sp³-hybridized carbons (Fsp3) is 0.182. The van der Waals surface area contributed by atoms with Crippen molar-refractivity contribution in [2.24, 2.45) is 0 Å². The van der Waals surface area contributed by atoms with E-state index in [9.17, 15) is 13.2 Å². The molecule has 0 atom stereocenters. The molecule has 0 bridgehead atoms. The average Bonchev–Trinajstić information content (AvgIpc) is 3.05. The van der Waals surface area contributed by atoms with Gasteiger partial charge in [-0.25, -0.2) is 8.78 Å². The highest BCUT2D eigenvalue weighted by atomic mass is 19.1. The van der Waals surface area contributed by atoms with Gasteiger partial charge in [0.05, 0.1) is 7.11 Å². The summed E-state index contributed by atoms with van der Waals surface area (Å²) in [5.74, 6) is -1.94. The first-order valence-corrected chi connectivity index (χ1v) is 8.65. The van der Waals surface area contributed by atoms with Crippen LogP contribution < -0.4 is 4.74 Å². The second-order valence-electron chi connectivity index (χ2n) is 5.85. The molecular formula is C22H19F3O2. The van der Waals surface area contributed by atoms with E-state index in [0.717, 1.165) is 5.56 Å². The third kappa shape index (κ3) is 3.03. The monoisotopic (exact) mass is 372 g/mol. The Morgan fingerprint density at radius 1 is 0.778 bits per heavy atom. The highest BCUT2D eigenvalue weighted by molar-refractivity contribution is 6.06. The Hall–Kier alpha value is -2.95. The molecule has 0 unspecified atom stereocenters. The molecule has 2 nitrogen and oxygen atoms in total. The van der Waals surface area contributed by atoms with Crippen LogP contribution in [0.5, 0.6) is 5.75 Å². The summed E-state index contributed by atoms with van der Waals surface area (Å²) in [6, 6.07) is 10.7. The predicted octanol–water partition coefficient (Wildman–Crippen LogP) is 7.01. The lowest BCUT2D eigenvalue weighted by molar-refractivity contribution is 0.385. The number of hydrogen-bond donors (Lipinski definition) is 0. The van der Waals surface area contributed by atoms with Gasteiger partial charge in [-0.15, -0.1) is 0 Å². The molecule has 3 aromatic carbocycles. The molecule has 1 heterocycles. The maximum atomic E-state index is 15.0. The molecule has 0 aliphatic carbocycles. The number of ether oxygens (including phenoxy) is 1. The van der Waals surface area contributed by atoms with Crippen molar-refractivity contribution in [3.63, 3.8) is 0 Å². The fourth-order valence-corrected chi connectivity index (χ4v) is 3.02. The van der Waals surface area contributed by atoms with Crippen LogP contribution in [-0.4, -0.2) is 7.11 Å². The van der Waals surface area contributed by atoms with E-state index in [4.69, 9.17) is 9.15 Å². The Kier molecular flexibility index (Phi) is 5.13. The summed E-state index contributed by atoms with van der Waals surface area (Å²) >= 11 is 0. The van der Waals surface area contributed by atoms with Gasteiger partial charge in [0, 0.05) is 21.9 Å². The topological polar surface area (TPSA) is 22.4 Å². The van der Waals surface area contributed by atoms with Gasteiger partial charge in [0.2, 0.25) is 5.82 Å². The van der Waals surface area contributed by atoms with E-state index in [2.05, 4.69) is 0 Å². The lowest BCUT2D eigenvalue weighted by atomic mass is 10.0. The third-order valence-electron chi connectivity index (χ3n) is 4.29. The summed E-state index contributed by atoms with van der Waals surface area (Å²) in [6.45, 7) is 5.75. The number of furan rings is 1. The Morgan fingerprint density at radius 2 is 1.37 bits per heavy atom. The van der Waals surface area contributed by atoms with Gasteiger partial charge in [-0.2, -0.15) is 4.39 Å². The normalized spacial score (nSPS) is 10.8. The maximum Gasteiger partial charge on any atom is 0.208 e. The van der Waals surface area contributed by atoms with Gasteiger partial charge < -0.3 is 9.15 Å². The highest BCUT2D eigenvalue weighted by Gasteiger charge is 2.20. The van der Waals surface area contributed by atoms with E-state index in [0.29, 0.717) is 10.8 Å². The van der Waals surface area contributed by atoms with Gasteiger partial charge in [0.15, 0.2) is 22.7 Å². The Labute approximate surface area is 155 Å². The minimum atomic E-state index is -0.727. The van der Waals surface area contributed by atoms with Crippen molar-refractivity contribution in [1.29, 1.82) is 0 Å². The summed E-state index contributed by atoms with van der Waals surface area (Å²) in [7, 11) is 1.34. The molecule has 0 aliphatic rings. The van der Waals surface area contributed by atoms with Crippen LogP contribution in [-0.2, 0) is 0 Å². The van der Waals surface area contributed by atoms with Crippen molar-refractivity contribution < 1.29 is 22.3 Å². The molecule has 0 N–H and O–H groups in total. The van der Waals surface area contributed by atoms with E-state index in [-0.39, 0.29) is 28.0 Å². The van der Waals surface area contributed by atoms with Crippen LogP contribution in [0.15, 0.2) is 46.9 Å². The zero-order valence-electron chi connectivity index (χ0n) is 15.5. The van der Waals surface area contributed by atoms with E-state index >= 15 is 0 Å². The van der Waals surface area contributed by atoms with Crippen molar-refractivity contribution in [1.82, 2.24) is 0 Å². The first-order chi connectivity index (χ1) is 13.0. The number of halogens is 3. The van der Waals surface area contributed by atoms with E-state index in [1.807, 2.05) is 13.8 Å². The minimum absolute atomic E-state index is 0.0109. The van der Waals surface area contributed by atoms with Crippen LogP contribution >= 0.6 is 0 Å². The number of benzene rings is 3. The highest BCUT2D eigenvalue weighted by Crippen LogP contribution is 2.38. The van der Waals surface area contributed by atoms with Crippen molar-refractivity contribution in [3.8, 4) is 16.9 Å². The number of hydrogen-bond acceptors (Lipinski definition) is 2. The van der Waals surface area contributed by atoms with Gasteiger partial charge in [0.25, 0.3) is 0 Å². The second kappa shape index (κ2) is 7.35. The lowest BCUT2D eigenvalue weighted by Gasteiger charge is -2.06. The van der Waals surface area contributed by atoms with Crippen molar-refractivity contribution in [2.75, 3.05) is 7.11 Å². The van der Waals surface area contributed by atoms with Crippen LogP contribution in [0.1, 0.15) is 19.4 Å². The fourth-order valence-electron chi connectivity index (χ4n) is 3.02. The van der Waals surface area contributed by atoms with E-state index in [1.165, 1.54) is 31.4 Å². The van der Waals surface area contributed by atoms with Gasteiger partial charge in [-0.1, -0.05) is 32.0 Å². The third-order valence-corrected chi connectivity index (χ3v) is 4.29. The van der Waals surface area contributed by atoms with Crippen molar-refractivity contribution in [2.45, 2.75) is 20.8 Å². The molecule has 0 fully saturated rings. The van der Waals surface area contributed by atoms with Gasteiger partial charge >= 0.3 is 0 Å². The maximum absolute atomic E-state index is 15.0. The first kappa shape index (κ1) is 18.8.